The minimum atomic E-state index is -0.363. The molecule has 0 aliphatic carbocycles. The van der Waals surface area contributed by atoms with Gasteiger partial charge in [-0.25, -0.2) is 4.98 Å². The third-order valence-corrected chi connectivity index (χ3v) is 6.32. The Morgan fingerprint density at radius 1 is 1.13 bits per heavy atom. The van der Waals surface area contributed by atoms with E-state index in [9.17, 15) is 9.59 Å². The van der Waals surface area contributed by atoms with E-state index < -0.39 is 0 Å². The molecule has 0 bridgehead atoms. The predicted octanol–water partition coefficient (Wildman–Crippen LogP) is 4.34. The van der Waals surface area contributed by atoms with Gasteiger partial charge in [0.2, 0.25) is 11.8 Å². The highest BCUT2D eigenvalue weighted by Gasteiger charge is 2.31. The number of ether oxygens (including phenoxy) is 2. The minimum Gasteiger partial charge on any atom is -0.492 e. The van der Waals surface area contributed by atoms with Crippen LogP contribution in [-0.2, 0) is 11.2 Å². The number of benzene rings is 1. The lowest BCUT2D eigenvalue weighted by molar-refractivity contribution is -0.118. The van der Waals surface area contributed by atoms with E-state index >= 15 is 0 Å². The SMILES string of the molecule is CN(CCOc1ccc(CC2SC(=O)NC2=O)cc1)c1cccnc1Oc1ccsc1. The van der Waals surface area contributed by atoms with Gasteiger partial charge in [0.1, 0.15) is 23.8 Å². The lowest BCUT2D eigenvalue weighted by Crippen LogP contribution is -2.25. The molecule has 2 amide bonds. The number of rotatable bonds is 9. The molecule has 0 radical (unpaired) electrons. The molecule has 9 heteroatoms. The van der Waals surface area contributed by atoms with Gasteiger partial charge < -0.3 is 14.4 Å². The smallest absolute Gasteiger partial charge is 0.286 e. The number of hydrogen-bond acceptors (Lipinski definition) is 8. The highest BCUT2D eigenvalue weighted by atomic mass is 32.2. The quantitative estimate of drug-likeness (QED) is 0.514. The molecule has 0 saturated carbocycles. The van der Waals surface area contributed by atoms with Crippen LogP contribution in [0.2, 0.25) is 0 Å². The van der Waals surface area contributed by atoms with Gasteiger partial charge in [0.15, 0.2) is 0 Å². The fraction of sp³-hybridized carbons (Fsp3) is 0.227. The summed E-state index contributed by atoms with van der Waals surface area (Å²) in [7, 11) is 1.97. The monoisotopic (exact) mass is 455 g/mol. The minimum absolute atomic E-state index is 0.226. The van der Waals surface area contributed by atoms with Crippen molar-refractivity contribution in [1.82, 2.24) is 10.3 Å². The van der Waals surface area contributed by atoms with Crippen molar-refractivity contribution in [3.63, 3.8) is 0 Å². The number of pyridine rings is 1. The van der Waals surface area contributed by atoms with E-state index in [1.54, 1.807) is 17.5 Å². The Morgan fingerprint density at radius 3 is 2.68 bits per heavy atom. The molecule has 1 atom stereocenters. The molecule has 1 N–H and O–H groups in total. The van der Waals surface area contributed by atoms with E-state index in [4.69, 9.17) is 9.47 Å². The second-order valence-corrected chi connectivity index (χ2v) is 8.85. The van der Waals surface area contributed by atoms with Crippen molar-refractivity contribution < 1.29 is 19.1 Å². The summed E-state index contributed by atoms with van der Waals surface area (Å²) in [5, 5.41) is 5.56. The molecular formula is C22H21N3O4S2. The molecule has 1 unspecified atom stereocenters. The van der Waals surface area contributed by atoms with Gasteiger partial charge in [-0.15, -0.1) is 11.3 Å². The summed E-state index contributed by atoms with van der Waals surface area (Å²) in [6.07, 6.45) is 2.22. The second kappa shape index (κ2) is 9.84. The summed E-state index contributed by atoms with van der Waals surface area (Å²) < 4.78 is 11.7. The van der Waals surface area contributed by atoms with Gasteiger partial charge in [-0.3, -0.25) is 14.9 Å². The van der Waals surface area contributed by atoms with Crippen molar-refractivity contribution in [3.8, 4) is 17.4 Å². The molecule has 3 aromatic rings. The van der Waals surface area contributed by atoms with Crippen molar-refractivity contribution in [1.29, 1.82) is 0 Å². The van der Waals surface area contributed by atoms with E-state index in [-0.39, 0.29) is 16.4 Å². The first kappa shape index (κ1) is 21.2. The molecule has 3 heterocycles. The van der Waals surface area contributed by atoms with Crippen LogP contribution in [0.4, 0.5) is 10.5 Å². The zero-order chi connectivity index (χ0) is 21.6. The number of anilines is 1. The van der Waals surface area contributed by atoms with Crippen LogP contribution >= 0.6 is 23.1 Å². The number of imide groups is 1. The summed E-state index contributed by atoms with van der Waals surface area (Å²) in [5.41, 5.74) is 1.87. The summed E-state index contributed by atoms with van der Waals surface area (Å²) in [4.78, 5) is 29.4. The molecule has 4 rings (SSSR count). The van der Waals surface area contributed by atoms with Crippen LogP contribution in [0.5, 0.6) is 17.4 Å². The van der Waals surface area contributed by atoms with Crippen LogP contribution in [0.3, 0.4) is 0 Å². The molecular weight excluding hydrogens is 434 g/mol. The maximum atomic E-state index is 11.7. The number of hydrogen-bond donors (Lipinski definition) is 1. The molecule has 1 saturated heterocycles. The summed E-state index contributed by atoms with van der Waals surface area (Å²) in [6, 6.07) is 13.3. The number of nitrogens with zero attached hydrogens (tertiary/aromatic N) is 2. The van der Waals surface area contributed by atoms with E-state index in [1.165, 1.54) is 0 Å². The van der Waals surface area contributed by atoms with Crippen LogP contribution in [0, 0.1) is 0 Å². The number of carbonyl (C=O) groups excluding carboxylic acids is 2. The average Bonchev–Trinajstić information content (AvgIpc) is 3.38. The third-order valence-electron chi connectivity index (χ3n) is 4.68. The van der Waals surface area contributed by atoms with Gasteiger partial charge in [0.05, 0.1) is 11.8 Å². The maximum absolute atomic E-state index is 11.7. The first-order chi connectivity index (χ1) is 15.1. The molecule has 1 aliphatic rings. The van der Waals surface area contributed by atoms with Crippen molar-refractivity contribution >= 4 is 39.9 Å². The Hall–Kier alpha value is -3.04. The third kappa shape index (κ3) is 5.56. The van der Waals surface area contributed by atoms with Crippen molar-refractivity contribution in [2.75, 3.05) is 25.1 Å². The van der Waals surface area contributed by atoms with E-state index in [2.05, 4.69) is 10.3 Å². The van der Waals surface area contributed by atoms with Gasteiger partial charge in [-0.05, 0) is 47.7 Å². The number of amides is 2. The average molecular weight is 456 g/mol. The Balaban J connectivity index is 1.28. The number of thioether (sulfide) groups is 1. The summed E-state index contributed by atoms with van der Waals surface area (Å²) in [6.45, 7) is 1.13. The zero-order valence-electron chi connectivity index (χ0n) is 16.8. The lowest BCUT2D eigenvalue weighted by atomic mass is 10.1. The Morgan fingerprint density at radius 2 is 1.97 bits per heavy atom. The predicted molar refractivity (Wildman–Crippen MR) is 122 cm³/mol. The van der Waals surface area contributed by atoms with Gasteiger partial charge in [-0.2, -0.15) is 0 Å². The molecule has 2 aromatic heterocycles. The topological polar surface area (TPSA) is 80.8 Å². The maximum Gasteiger partial charge on any atom is 0.286 e. The molecule has 1 aliphatic heterocycles. The number of aromatic nitrogens is 1. The van der Waals surface area contributed by atoms with Crippen LogP contribution in [0.1, 0.15) is 5.56 Å². The standard InChI is InChI=1S/C22H21N3O4S2/c1-25(18-3-2-9-23-21(18)29-17-8-12-30-14-17)10-11-28-16-6-4-15(5-7-16)13-19-20(26)24-22(27)31-19/h2-9,12,14,19H,10-11,13H2,1H3,(H,24,26,27). The fourth-order valence-electron chi connectivity index (χ4n) is 3.06. The van der Waals surface area contributed by atoms with Gasteiger partial charge >= 0.3 is 0 Å². The first-order valence-corrected chi connectivity index (χ1v) is 11.5. The molecule has 31 heavy (non-hydrogen) atoms. The highest BCUT2D eigenvalue weighted by Crippen LogP contribution is 2.30. The number of thiophene rings is 1. The van der Waals surface area contributed by atoms with Crippen LogP contribution in [0.15, 0.2) is 59.4 Å². The Bertz CT molecular complexity index is 1040. The van der Waals surface area contributed by atoms with Crippen molar-refractivity contribution in [2.45, 2.75) is 11.7 Å². The number of nitrogens with one attached hydrogen (secondary N) is 1. The van der Waals surface area contributed by atoms with E-state index in [1.807, 2.05) is 65.2 Å². The normalized spacial score (nSPS) is 15.6. The summed E-state index contributed by atoms with van der Waals surface area (Å²) >= 11 is 2.61. The van der Waals surface area contributed by atoms with Gasteiger partial charge in [0, 0.05) is 18.6 Å². The second-order valence-electron chi connectivity index (χ2n) is 6.89. The highest BCUT2D eigenvalue weighted by molar-refractivity contribution is 8.15. The Kier molecular flexibility index (Phi) is 6.73. The molecule has 7 nitrogen and oxygen atoms in total. The van der Waals surface area contributed by atoms with Crippen LogP contribution in [0.25, 0.3) is 0 Å². The first-order valence-electron chi connectivity index (χ1n) is 9.68. The summed E-state index contributed by atoms with van der Waals surface area (Å²) in [5.74, 6) is 1.85. The van der Waals surface area contributed by atoms with E-state index in [0.717, 1.165) is 34.5 Å². The molecule has 1 fully saturated rings. The zero-order valence-corrected chi connectivity index (χ0v) is 18.4. The van der Waals surface area contributed by atoms with Crippen LogP contribution < -0.4 is 19.7 Å². The molecule has 0 spiro atoms. The van der Waals surface area contributed by atoms with Crippen molar-refractivity contribution in [3.05, 3.63) is 65.0 Å². The molecule has 1 aromatic carbocycles. The van der Waals surface area contributed by atoms with Gasteiger partial charge in [-0.1, -0.05) is 23.9 Å². The van der Waals surface area contributed by atoms with E-state index in [0.29, 0.717) is 25.5 Å². The lowest BCUT2D eigenvalue weighted by Gasteiger charge is -2.21. The fourth-order valence-corrected chi connectivity index (χ4v) is 4.47. The Labute approximate surface area is 188 Å². The van der Waals surface area contributed by atoms with Gasteiger partial charge in [0.25, 0.3) is 5.24 Å². The number of likely N-dealkylation sites (N-methyl/N-ethyl adjacent to an activating group) is 1. The molecule has 160 valence electrons. The largest absolute Gasteiger partial charge is 0.492 e. The number of carbonyl (C=O) groups is 2. The van der Waals surface area contributed by atoms with Crippen molar-refractivity contribution in [2.24, 2.45) is 0 Å². The van der Waals surface area contributed by atoms with Crippen LogP contribution in [-0.4, -0.2) is 41.6 Å².